The van der Waals surface area contributed by atoms with Crippen molar-refractivity contribution < 1.29 is 0 Å². The van der Waals surface area contributed by atoms with Crippen LogP contribution in [0.4, 0.5) is 0 Å². The minimum atomic E-state index is 0.796. The minimum absolute atomic E-state index is 0.796. The molecule has 0 aliphatic heterocycles. The molecule has 0 aliphatic rings. The quantitative estimate of drug-likeness (QED) is 0.446. The molecule has 0 amide bonds. The number of nitrogens with one attached hydrogen (secondary N) is 1. The molecular formula is C16H10ClN. The molecule has 4 rings (SSSR count). The summed E-state index contributed by atoms with van der Waals surface area (Å²) in [6, 6.07) is 18.6. The van der Waals surface area contributed by atoms with Gasteiger partial charge in [0, 0.05) is 21.7 Å². The molecule has 0 atom stereocenters. The summed E-state index contributed by atoms with van der Waals surface area (Å²) in [5.41, 5.74) is 2.28. The van der Waals surface area contributed by atoms with E-state index in [-0.39, 0.29) is 0 Å². The summed E-state index contributed by atoms with van der Waals surface area (Å²) in [6.45, 7) is 0. The Labute approximate surface area is 109 Å². The van der Waals surface area contributed by atoms with Crippen molar-refractivity contribution in [1.29, 1.82) is 0 Å². The Balaban J connectivity index is 2.35. The standard InChI is InChI=1S/C16H10ClN/c17-13-6-3-4-10-8-9-12-11-5-1-2-7-14(11)18-16(12)15(10)13/h1-9,18H. The van der Waals surface area contributed by atoms with Crippen molar-refractivity contribution in [3.63, 3.8) is 0 Å². The first-order chi connectivity index (χ1) is 8.84. The van der Waals surface area contributed by atoms with Crippen LogP contribution in [0.1, 0.15) is 0 Å². The van der Waals surface area contributed by atoms with E-state index in [2.05, 4.69) is 41.4 Å². The number of hydrogen-bond donors (Lipinski definition) is 1. The van der Waals surface area contributed by atoms with E-state index in [1.54, 1.807) is 0 Å². The average Bonchev–Trinajstić information content (AvgIpc) is 2.77. The van der Waals surface area contributed by atoms with Gasteiger partial charge < -0.3 is 4.98 Å². The van der Waals surface area contributed by atoms with Crippen molar-refractivity contribution in [2.45, 2.75) is 0 Å². The van der Waals surface area contributed by atoms with Gasteiger partial charge in [-0.3, -0.25) is 0 Å². The molecule has 86 valence electrons. The van der Waals surface area contributed by atoms with Crippen molar-refractivity contribution in [3.05, 3.63) is 59.6 Å². The summed E-state index contributed by atoms with van der Waals surface area (Å²) in [4.78, 5) is 3.48. The molecule has 0 unspecified atom stereocenters. The first kappa shape index (κ1) is 9.98. The maximum absolute atomic E-state index is 6.34. The third-order valence-electron chi connectivity index (χ3n) is 3.47. The van der Waals surface area contributed by atoms with Crippen LogP contribution in [0.15, 0.2) is 54.6 Å². The fraction of sp³-hybridized carbons (Fsp3) is 0. The summed E-state index contributed by atoms with van der Waals surface area (Å²) in [5, 5.41) is 5.54. The van der Waals surface area contributed by atoms with Crippen molar-refractivity contribution in [3.8, 4) is 0 Å². The Morgan fingerprint density at radius 1 is 0.778 bits per heavy atom. The molecule has 1 N–H and O–H groups in total. The van der Waals surface area contributed by atoms with Gasteiger partial charge in [-0.1, -0.05) is 54.1 Å². The molecule has 0 radical (unpaired) electrons. The predicted octanol–water partition coefficient (Wildman–Crippen LogP) is 5.13. The Bertz CT molecular complexity index is 889. The van der Waals surface area contributed by atoms with Crippen LogP contribution in [0.2, 0.25) is 5.02 Å². The topological polar surface area (TPSA) is 15.8 Å². The lowest BCUT2D eigenvalue weighted by Crippen LogP contribution is -1.76. The SMILES string of the molecule is Clc1cccc2ccc3c4ccccc4[nH]c3c12. The highest BCUT2D eigenvalue weighted by atomic mass is 35.5. The second-order valence-corrected chi connectivity index (χ2v) is 4.90. The second-order valence-electron chi connectivity index (χ2n) is 4.50. The molecule has 0 fully saturated rings. The van der Waals surface area contributed by atoms with Gasteiger partial charge in [-0.15, -0.1) is 0 Å². The number of H-pyrrole nitrogens is 1. The summed E-state index contributed by atoms with van der Waals surface area (Å²) >= 11 is 6.34. The maximum atomic E-state index is 6.34. The molecule has 0 spiro atoms. The summed E-state index contributed by atoms with van der Waals surface area (Å²) in [5.74, 6) is 0. The third kappa shape index (κ3) is 1.22. The molecule has 0 bridgehead atoms. The molecule has 4 aromatic rings. The first-order valence-corrected chi connectivity index (χ1v) is 6.30. The normalized spacial score (nSPS) is 11.6. The average molecular weight is 252 g/mol. The number of aromatic nitrogens is 1. The zero-order valence-corrected chi connectivity index (χ0v) is 10.3. The van der Waals surface area contributed by atoms with Gasteiger partial charge in [0.05, 0.1) is 10.5 Å². The first-order valence-electron chi connectivity index (χ1n) is 5.92. The number of hydrogen-bond acceptors (Lipinski definition) is 0. The number of rotatable bonds is 0. The smallest absolute Gasteiger partial charge is 0.0559 e. The van der Waals surface area contributed by atoms with Crippen LogP contribution in [0.5, 0.6) is 0 Å². The van der Waals surface area contributed by atoms with Gasteiger partial charge in [-0.2, -0.15) is 0 Å². The Morgan fingerprint density at radius 2 is 1.67 bits per heavy atom. The molecule has 1 aromatic heterocycles. The van der Waals surface area contributed by atoms with Crippen LogP contribution in [-0.2, 0) is 0 Å². The van der Waals surface area contributed by atoms with Crippen molar-refractivity contribution in [2.75, 3.05) is 0 Å². The zero-order chi connectivity index (χ0) is 12.1. The van der Waals surface area contributed by atoms with E-state index in [9.17, 15) is 0 Å². The van der Waals surface area contributed by atoms with Crippen molar-refractivity contribution in [2.24, 2.45) is 0 Å². The van der Waals surface area contributed by atoms with E-state index in [4.69, 9.17) is 11.6 Å². The number of halogens is 1. The molecule has 1 nitrogen and oxygen atoms in total. The highest BCUT2D eigenvalue weighted by Gasteiger charge is 2.08. The third-order valence-corrected chi connectivity index (χ3v) is 3.79. The van der Waals surface area contributed by atoms with E-state index < -0.39 is 0 Å². The van der Waals surface area contributed by atoms with Crippen LogP contribution < -0.4 is 0 Å². The Kier molecular flexibility index (Phi) is 1.94. The molecule has 0 saturated heterocycles. The molecule has 1 heterocycles. The molecule has 18 heavy (non-hydrogen) atoms. The molecule has 3 aromatic carbocycles. The van der Waals surface area contributed by atoms with Crippen LogP contribution in [-0.4, -0.2) is 4.98 Å². The highest BCUT2D eigenvalue weighted by molar-refractivity contribution is 6.38. The number of para-hydroxylation sites is 1. The molecule has 0 saturated carbocycles. The zero-order valence-electron chi connectivity index (χ0n) is 9.57. The van der Waals surface area contributed by atoms with Crippen molar-refractivity contribution >= 4 is 44.2 Å². The molecular weight excluding hydrogens is 242 g/mol. The number of fused-ring (bicyclic) bond motifs is 5. The van der Waals surface area contributed by atoms with Crippen LogP contribution in [0.3, 0.4) is 0 Å². The predicted molar refractivity (Wildman–Crippen MR) is 78.3 cm³/mol. The van der Waals surface area contributed by atoms with Crippen molar-refractivity contribution in [1.82, 2.24) is 4.98 Å². The lowest BCUT2D eigenvalue weighted by molar-refractivity contribution is 1.56. The van der Waals surface area contributed by atoms with Crippen LogP contribution in [0.25, 0.3) is 32.6 Å². The second kappa shape index (κ2) is 3.50. The summed E-state index contributed by atoms with van der Waals surface area (Å²) < 4.78 is 0. The maximum Gasteiger partial charge on any atom is 0.0559 e. The van der Waals surface area contributed by atoms with Gasteiger partial charge in [0.1, 0.15) is 0 Å². The fourth-order valence-corrected chi connectivity index (χ4v) is 2.93. The Hall–Kier alpha value is -1.99. The molecule has 2 heteroatoms. The lowest BCUT2D eigenvalue weighted by atomic mass is 10.1. The van der Waals surface area contributed by atoms with E-state index >= 15 is 0 Å². The van der Waals surface area contributed by atoms with E-state index in [1.807, 2.05) is 18.2 Å². The summed E-state index contributed by atoms with van der Waals surface area (Å²) in [7, 11) is 0. The van der Waals surface area contributed by atoms with E-state index in [0.717, 1.165) is 21.4 Å². The minimum Gasteiger partial charge on any atom is -0.354 e. The molecule has 0 aliphatic carbocycles. The van der Waals surface area contributed by atoms with Gasteiger partial charge in [0.2, 0.25) is 0 Å². The van der Waals surface area contributed by atoms with Crippen LogP contribution in [0, 0.1) is 0 Å². The fourth-order valence-electron chi connectivity index (χ4n) is 2.65. The van der Waals surface area contributed by atoms with Gasteiger partial charge >= 0.3 is 0 Å². The van der Waals surface area contributed by atoms with Gasteiger partial charge in [0.15, 0.2) is 0 Å². The summed E-state index contributed by atoms with van der Waals surface area (Å²) in [6.07, 6.45) is 0. The largest absolute Gasteiger partial charge is 0.354 e. The van der Waals surface area contributed by atoms with Gasteiger partial charge in [0.25, 0.3) is 0 Å². The number of benzene rings is 3. The lowest BCUT2D eigenvalue weighted by Gasteiger charge is -2.01. The van der Waals surface area contributed by atoms with E-state index in [1.165, 1.54) is 16.2 Å². The van der Waals surface area contributed by atoms with E-state index in [0.29, 0.717) is 0 Å². The van der Waals surface area contributed by atoms with Gasteiger partial charge in [-0.25, -0.2) is 0 Å². The number of aromatic amines is 1. The van der Waals surface area contributed by atoms with Crippen LogP contribution >= 0.6 is 11.6 Å². The highest BCUT2D eigenvalue weighted by Crippen LogP contribution is 2.34. The monoisotopic (exact) mass is 251 g/mol. The van der Waals surface area contributed by atoms with Gasteiger partial charge in [-0.05, 0) is 17.5 Å². The Morgan fingerprint density at radius 3 is 2.61 bits per heavy atom.